The molecule has 3 N–H and O–H groups in total. The maximum Gasteiger partial charge on any atom is 0.162 e. The van der Waals surface area contributed by atoms with E-state index in [1.165, 1.54) is 0 Å². The topological polar surface area (TPSA) is 90.9 Å². The molecular weight excluding hydrogens is 252 g/mol. The van der Waals surface area contributed by atoms with E-state index in [0.717, 1.165) is 23.1 Å². The third-order valence-corrected chi connectivity index (χ3v) is 3.11. The van der Waals surface area contributed by atoms with Crippen molar-refractivity contribution in [1.29, 1.82) is 0 Å². The third kappa shape index (κ3) is 2.22. The summed E-state index contributed by atoms with van der Waals surface area (Å²) in [6.45, 7) is 4.09. The summed E-state index contributed by atoms with van der Waals surface area (Å²) in [4.78, 5) is 0. The molecule has 2 aromatic rings. The second-order valence-corrected chi connectivity index (χ2v) is 4.63. The number of hydrazine groups is 1. The van der Waals surface area contributed by atoms with Gasteiger partial charge in [-0.3, -0.25) is 10.5 Å². The zero-order valence-electron chi connectivity index (χ0n) is 10.5. The molecule has 0 amide bonds. The van der Waals surface area contributed by atoms with Crippen LogP contribution in [0.1, 0.15) is 37.3 Å². The van der Waals surface area contributed by atoms with Gasteiger partial charge in [0.25, 0.3) is 0 Å². The second kappa shape index (κ2) is 5.42. The number of rotatable bonds is 5. The van der Waals surface area contributed by atoms with Gasteiger partial charge in [0.15, 0.2) is 5.75 Å². The van der Waals surface area contributed by atoms with Crippen molar-refractivity contribution in [3.63, 3.8) is 0 Å². The van der Waals surface area contributed by atoms with E-state index < -0.39 is 0 Å². The fourth-order valence-electron chi connectivity index (χ4n) is 1.80. The van der Waals surface area contributed by atoms with Crippen LogP contribution in [0.15, 0.2) is 12.4 Å². The Balaban J connectivity index is 2.50. The van der Waals surface area contributed by atoms with E-state index in [1.54, 1.807) is 19.5 Å². The molecule has 0 aliphatic rings. The zero-order chi connectivity index (χ0) is 13.1. The summed E-state index contributed by atoms with van der Waals surface area (Å²) in [7, 11) is 1.61. The Labute approximate surface area is 109 Å². The first-order valence-corrected chi connectivity index (χ1v) is 6.27. The van der Waals surface area contributed by atoms with Gasteiger partial charge in [0.05, 0.1) is 36.9 Å². The van der Waals surface area contributed by atoms with Crippen LogP contribution >= 0.6 is 11.7 Å². The Kier molecular flexibility index (Phi) is 3.90. The van der Waals surface area contributed by atoms with E-state index in [2.05, 4.69) is 19.3 Å². The molecule has 0 aromatic carbocycles. The maximum atomic E-state index is 5.64. The highest BCUT2D eigenvalue weighted by molar-refractivity contribution is 6.99. The number of hydrogen-bond acceptors (Lipinski definition) is 7. The van der Waals surface area contributed by atoms with E-state index in [0.29, 0.717) is 5.75 Å². The van der Waals surface area contributed by atoms with Crippen molar-refractivity contribution in [2.75, 3.05) is 7.11 Å². The molecule has 0 spiro atoms. The average molecular weight is 268 g/mol. The van der Waals surface area contributed by atoms with Crippen molar-refractivity contribution in [2.45, 2.75) is 25.9 Å². The normalized spacial score (nSPS) is 12.9. The van der Waals surface area contributed by atoms with Gasteiger partial charge in [0.2, 0.25) is 0 Å². The smallest absolute Gasteiger partial charge is 0.162 e. The van der Waals surface area contributed by atoms with Crippen molar-refractivity contribution in [3.8, 4) is 5.75 Å². The molecule has 2 rings (SSSR count). The first-order chi connectivity index (χ1) is 8.69. The standard InChI is InChI=1S/C10H16N6OS/c1-6(2)16-10(8(17-3)5-12-16)9(14-11)7-4-13-18-15-7/h4-6,9,14H,11H2,1-3H3. The van der Waals surface area contributed by atoms with Gasteiger partial charge in [-0.25, -0.2) is 5.43 Å². The van der Waals surface area contributed by atoms with Crippen LogP contribution in [-0.4, -0.2) is 25.6 Å². The van der Waals surface area contributed by atoms with Gasteiger partial charge < -0.3 is 4.74 Å². The summed E-state index contributed by atoms with van der Waals surface area (Å²) in [5.41, 5.74) is 4.34. The molecule has 0 aliphatic heterocycles. The Bertz CT molecular complexity index is 494. The summed E-state index contributed by atoms with van der Waals surface area (Å²) in [6.07, 6.45) is 3.37. The molecule has 0 bridgehead atoms. The molecule has 0 aliphatic carbocycles. The van der Waals surface area contributed by atoms with Crippen LogP contribution in [0.2, 0.25) is 0 Å². The highest BCUT2D eigenvalue weighted by Crippen LogP contribution is 2.30. The molecule has 0 saturated carbocycles. The van der Waals surface area contributed by atoms with Gasteiger partial charge in [0, 0.05) is 6.04 Å². The summed E-state index contributed by atoms with van der Waals surface area (Å²) < 4.78 is 15.4. The van der Waals surface area contributed by atoms with Crippen molar-refractivity contribution in [2.24, 2.45) is 5.84 Å². The lowest BCUT2D eigenvalue weighted by Gasteiger charge is -2.18. The van der Waals surface area contributed by atoms with E-state index in [9.17, 15) is 0 Å². The summed E-state index contributed by atoms with van der Waals surface area (Å²) in [6, 6.07) is -0.0880. The lowest BCUT2D eigenvalue weighted by molar-refractivity contribution is 0.393. The molecule has 98 valence electrons. The number of methoxy groups -OCH3 is 1. The van der Waals surface area contributed by atoms with Gasteiger partial charge in [-0.05, 0) is 13.8 Å². The predicted molar refractivity (Wildman–Crippen MR) is 68.2 cm³/mol. The first kappa shape index (κ1) is 12.9. The largest absolute Gasteiger partial charge is 0.493 e. The van der Waals surface area contributed by atoms with E-state index in [-0.39, 0.29) is 12.1 Å². The fourth-order valence-corrected chi connectivity index (χ4v) is 2.25. The van der Waals surface area contributed by atoms with Gasteiger partial charge in [0.1, 0.15) is 11.7 Å². The SMILES string of the molecule is COc1cnn(C(C)C)c1C(NN)c1cnsn1. The Morgan fingerprint density at radius 1 is 1.44 bits per heavy atom. The van der Waals surface area contributed by atoms with Crippen LogP contribution in [0, 0.1) is 0 Å². The Morgan fingerprint density at radius 3 is 2.72 bits per heavy atom. The zero-order valence-corrected chi connectivity index (χ0v) is 11.3. The molecule has 2 heterocycles. The van der Waals surface area contributed by atoms with E-state index >= 15 is 0 Å². The average Bonchev–Trinajstić information content (AvgIpc) is 2.99. The quantitative estimate of drug-likeness (QED) is 0.618. The second-order valence-electron chi connectivity index (χ2n) is 4.07. The van der Waals surface area contributed by atoms with Gasteiger partial charge in [-0.2, -0.15) is 13.8 Å². The molecule has 2 aromatic heterocycles. The van der Waals surface area contributed by atoms with Gasteiger partial charge in [-0.15, -0.1) is 0 Å². The molecule has 7 nitrogen and oxygen atoms in total. The third-order valence-electron chi connectivity index (χ3n) is 2.62. The lowest BCUT2D eigenvalue weighted by atomic mass is 10.1. The van der Waals surface area contributed by atoms with Crippen LogP contribution in [0.25, 0.3) is 0 Å². The van der Waals surface area contributed by atoms with E-state index in [4.69, 9.17) is 10.6 Å². The van der Waals surface area contributed by atoms with E-state index in [1.807, 2.05) is 18.5 Å². The van der Waals surface area contributed by atoms with Crippen LogP contribution < -0.4 is 16.0 Å². The van der Waals surface area contributed by atoms with Crippen LogP contribution in [0.4, 0.5) is 0 Å². The highest BCUT2D eigenvalue weighted by Gasteiger charge is 2.25. The number of aromatic nitrogens is 4. The van der Waals surface area contributed by atoms with Crippen LogP contribution in [0.5, 0.6) is 5.75 Å². The molecule has 0 saturated heterocycles. The molecule has 0 radical (unpaired) electrons. The molecule has 1 atom stereocenters. The van der Waals surface area contributed by atoms with Crippen molar-refractivity contribution >= 4 is 11.7 Å². The molecule has 0 fully saturated rings. The molecule has 8 heteroatoms. The fraction of sp³-hybridized carbons (Fsp3) is 0.500. The minimum atomic E-state index is -0.288. The summed E-state index contributed by atoms with van der Waals surface area (Å²) in [5, 5.41) is 4.32. The van der Waals surface area contributed by atoms with Gasteiger partial charge >= 0.3 is 0 Å². The number of nitrogens with two attached hydrogens (primary N) is 1. The highest BCUT2D eigenvalue weighted by atomic mass is 32.1. The van der Waals surface area contributed by atoms with Gasteiger partial charge in [-0.1, -0.05) is 0 Å². The Hall–Kier alpha value is -1.51. The number of hydrogen-bond donors (Lipinski definition) is 2. The number of nitrogens with one attached hydrogen (secondary N) is 1. The molecule has 1 unspecified atom stereocenters. The van der Waals surface area contributed by atoms with Crippen molar-refractivity contribution in [1.82, 2.24) is 24.0 Å². The molecular formula is C10H16N6OS. The monoisotopic (exact) mass is 268 g/mol. The number of nitrogens with zero attached hydrogens (tertiary/aromatic N) is 4. The molecule has 18 heavy (non-hydrogen) atoms. The van der Waals surface area contributed by atoms with Crippen LogP contribution in [-0.2, 0) is 0 Å². The summed E-state index contributed by atoms with van der Waals surface area (Å²) in [5.74, 6) is 6.32. The first-order valence-electron chi connectivity index (χ1n) is 5.54. The minimum absolute atomic E-state index is 0.200. The number of ether oxygens (including phenoxy) is 1. The summed E-state index contributed by atoms with van der Waals surface area (Å²) >= 11 is 1.14. The van der Waals surface area contributed by atoms with Crippen LogP contribution in [0.3, 0.4) is 0 Å². The van der Waals surface area contributed by atoms with Crippen molar-refractivity contribution in [3.05, 3.63) is 23.8 Å². The van der Waals surface area contributed by atoms with Crippen molar-refractivity contribution < 1.29 is 4.74 Å². The Morgan fingerprint density at radius 2 is 2.22 bits per heavy atom. The minimum Gasteiger partial charge on any atom is -0.493 e. The lowest BCUT2D eigenvalue weighted by Crippen LogP contribution is -2.31. The maximum absolute atomic E-state index is 5.64. The predicted octanol–water partition coefficient (Wildman–Crippen LogP) is 0.877.